The van der Waals surface area contributed by atoms with Crippen molar-refractivity contribution in [3.63, 3.8) is 0 Å². The lowest BCUT2D eigenvalue weighted by molar-refractivity contribution is -0.154. The summed E-state index contributed by atoms with van der Waals surface area (Å²) < 4.78 is 10.8. The van der Waals surface area contributed by atoms with E-state index in [1.165, 1.54) is 0 Å². The molecule has 0 spiro atoms. The fraction of sp³-hybridized carbons (Fsp3) is 0.346. The molecule has 1 aliphatic heterocycles. The highest BCUT2D eigenvalue weighted by molar-refractivity contribution is 6.24. The normalized spacial score (nSPS) is 14.0. The van der Waals surface area contributed by atoms with Crippen LogP contribution >= 0.6 is 0 Å². The highest BCUT2D eigenvalue weighted by Gasteiger charge is 2.36. The molecular weight excluding hydrogens is 406 g/mol. The predicted molar refractivity (Wildman–Crippen MR) is 122 cm³/mol. The molecule has 0 fully saturated rings. The van der Waals surface area contributed by atoms with Gasteiger partial charge in [-0.05, 0) is 56.9 Å². The van der Waals surface area contributed by atoms with Gasteiger partial charge in [0.05, 0.1) is 0 Å². The standard InChI is InChI=1S/C26H29NO5/c1-26(2,3)32-22(28)16-10-13-20-17-27(21-14-8-5-9-15-21)24(29)23(20)25(30)31-18-19-11-6-4-7-12-19/h4-9,11-12,14-15H,10,13,16-18H2,1-3H3. The Balaban J connectivity index is 1.72. The van der Waals surface area contributed by atoms with E-state index >= 15 is 0 Å². The monoisotopic (exact) mass is 435 g/mol. The highest BCUT2D eigenvalue weighted by atomic mass is 16.6. The zero-order chi connectivity index (χ0) is 23.1. The van der Waals surface area contributed by atoms with Crippen LogP contribution in [0, 0.1) is 0 Å². The van der Waals surface area contributed by atoms with Crippen LogP contribution in [0.3, 0.4) is 0 Å². The molecule has 32 heavy (non-hydrogen) atoms. The molecule has 168 valence electrons. The molecule has 0 saturated heterocycles. The van der Waals surface area contributed by atoms with Gasteiger partial charge >= 0.3 is 11.9 Å². The van der Waals surface area contributed by atoms with E-state index in [0.717, 1.165) is 5.56 Å². The largest absolute Gasteiger partial charge is 0.460 e. The number of nitrogens with zero attached hydrogens (tertiary/aromatic N) is 1. The van der Waals surface area contributed by atoms with Crippen molar-refractivity contribution in [1.82, 2.24) is 0 Å². The van der Waals surface area contributed by atoms with Crippen LogP contribution in [-0.4, -0.2) is 30.0 Å². The van der Waals surface area contributed by atoms with Gasteiger partial charge in [-0.3, -0.25) is 9.59 Å². The quantitative estimate of drug-likeness (QED) is 0.448. The lowest BCUT2D eigenvalue weighted by atomic mass is 10.0. The van der Waals surface area contributed by atoms with E-state index in [-0.39, 0.29) is 30.5 Å². The van der Waals surface area contributed by atoms with Crippen LogP contribution in [0.5, 0.6) is 0 Å². The molecule has 0 atom stereocenters. The Morgan fingerprint density at radius 2 is 1.59 bits per heavy atom. The minimum atomic E-state index is -0.635. The molecule has 2 aromatic rings. The number of benzene rings is 2. The zero-order valence-corrected chi connectivity index (χ0v) is 18.8. The third-order valence-electron chi connectivity index (χ3n) is 4.93. The number of hydrogen-bond donors (Lipinski definition) is 0. The minimum Gasteiger partial charge on any atom is -0.460 e. The summed E-state index contributed by atoms with van der Waals surface area (Å²) in [5, 5.41) is 0. The van der Waals surface area contributed by atoms with Gasteiger partial charge in [0.15, 0.2) is 0 Å². The van der Waals surface area contributed by atoms with Gasteiger partial charge in [0, 0.05) is 18.7 Å². The summed E-state index contributed by atoms with van der Waals surface area (Å²) in [5.74, 6) is -1.30. The molecule has 0 unspecified atom stereocenters. The molecule has 0 saturated carbocycles. The van der Waals surface area contributed by atoms with Crippen molar-refractivity contribution in [3.05, 3.63) is 77.4 Å². The summed E-state index contributed by atoms with van der Waals surface area (Å²) in [7, 11) is 0. The van der Waals surface area contributed by atoms with Crippen molar-refractivity contribution in [1.29, 1.82) is 0 Å². The summed E-state index contributed by atoms with van der Waals surface area (Å²) in [4.78, 5) is 39.6. The molecule has 0 radical (unpaired) electrons. The maximum atomic E-state index is 13.1. The molecule has 6 nitrogen and oxygen atoms in total. The Kier molecular flexibility index (Phi) is 7.46. The Morgan fingerprint density at radius 3 is 2.22 bits per heavy atom. The number of carbonyl (C=O) groups excluding carboxylic acids is 3. The first kappa shape index (κ1) is 23.3. The van der Waals surface area contributed by atoms with Gasteiger partial charge < -0.3 is 14.4 Å². The highest BCUT2D eigenvalue weighted by Crippen LogP contribution is 2.29. The molecule has 2 aromatic carbocycles. The van der Waals surface area contributed by atoms with Crippen LogP contribution in [0.15, 0.2) is 71.8 Å². The number of para-hydroxylation sites is 1. The van der Waals surface area contributed by atoms with Gasteiger partial charge in [-0.15, -0.1) is 0 Å². The van der Waals surface area contributed by atoms with Crippen molar-refractivity contribution in [2.45, 2.75) is 52.2 Å². The van der Waals surface area contributed by atoms with Crippen molar-refractivity contribution in [3.8, 4) is 0 Å². The lowest BCUT2D eigenvalue weighted by Crippen LogP contribution is -2.28. The second-order valence-electron chi connectivity index (χ2n) is 8.71. The second-order valence-corrected chi connectivity index (χ2v) is 8.71. The van der Waals surface area contributed by atoms with E-state index in [1.54, 1.807) is 4.90 Å². The van der Waals surface area contributed by atoms with Crippen LogP contribution in [0.2, 0.25) is 0 Å². The van der Waals surface area contributed by atoms with Crippen LogP contribution in [0.1, 0.15) is 45.6 Å². The lowest BCUT2D eigenvalue weighted by Gasteiger charge is -2.19. The number of rotatable bonds is 8. The van der Waals surface area contributed by atoms with Crippen molar-refractivity contribution >= 4 is 23.5 Å². The first-order valence-corrected chi connectivity index (χ1v) is 10.8. The Hall–Kier alpha value is -3.41. The van der Waals surface area contributed by atoms with E-state index in [0.29, 0.717) is 30.6 Å². The van der Waals surface area contributed by atoms with Crippen LogP contribution in [0.4, 0.5) is 5.69 Å². The van der Waals surface area contributed by atoms with E-state index < -0.39 is 11.6 Å². The van der Waals surface area contributed by atoms with Gasteiger partial charge in [-0.1, -0.05) is 48.5 Å². The molecule has 0 N–H and O–H groups in total. The fourth-order valence-electron chi connectivity index (χ4n) is 3.51. The van der Waals surface area contributed by atoms with Crippen molar-refractivity contribution in [2.75, 3.05) is 11.4 Å². The first-order chi connectivity index (χ1) is 15.2. The average molecular weight is 436 g/mol. The number of carbonyl (C=O) groups is 3. The molecule has 0 aromatic heterocycles. The second kappa shape index (κ2) is 10.3. The summed E-state index contributed by atoms with van der Waals surface area (Å²) >= 11 is 0. The van der Waals surface area contributed by atoms with E-state index in [9.17, 15) is 14.4 Å². The predicted octanol–water partition coefficient (Wildman–Crippen LogP) is 4.59. The number of esters is 2. The molecule has 1 amide bonds. The Labute approximate surface area is 188 Å². The van der Waals surface area contributed by atoms with Gasteiger partial charge in [-0.2, -0.15) is 0 Å². The topological polar surface area (TPSA) is 72.9 Å². The number of hydrogen-bond acceptors (Lipinski definition) is 5. The molecular formula is C26H29NO5. The molecule has 3 rings (SSSR count). The summed E-state index contributed by atoms with van der Waals surface area (Å²) in [6.07, 6.45) is 1.13. The Bertz CT molecular complexity index is 990. The van der Waals surface area contributed by atoms with Gasteiger partial charge in [0.1, 0.15) is 17.8 Å². The molecule has 0 aliphatic carbocycles. The van der Waals surface area contributed by atoms with Gasteiger partial charge in [0.2, 0.25) is 0 Å². The zero-order valence-electron chi connectivity index (χ0n) is 18.8. The van der Waals surface area contributed by atoms with Crippen molar-refractivity contribution in [2.24, 2.45) is 0 Å². The molecule has 6 heteroatoms. The summed E-state index contributed by atoms with van der Waals surface area (Å²) in [5.41, 5.74) is 1.76. The average Bonchev–Trinajstić information content (AvgIpc) is 3.08. The molecule has 0 bridgehead atoms. The SMILES string of the molecule is CC(C)(C)OC(=O)CCCC1=C(C(=O)OCc2ccccc2)C(=O)N(c2ccccc2)C1. The van der Waals surface area contributed by atoms with Crippen molar-refractivity contribution < 1.29 is 23.9 Å². The number of anilines is 1. The molecule has 1 heterocycles. The van der Waals surface area contributed by atoms with Crippen LogP contribution < -0.4 is 4.90 Å². The summed E-state index contributed by atoms with van der Waals surface area (Å²) in [6.45, 7) is 5.85. The third-order valence-corrected chi connectivity index (χ3v) is 4.93. The third kappa shape index (κ3) is 6.30. The van der Waals surface area contributed by atoms with Gasteiger partial charge in [-0.25, -0.2) is 4.79 Å². The van der Waals surface area contributed by atoms with Crippen LogP contribution in [-0.2, 0) is 30.5 Å². The maximum Gasteiger partial charge on any atom is 0.344 e. The van der Waals surface area contributed by atoms with E-state index in [2.05, 4.69) is 0 Å². The molecule has 1 aliphatic rings. The smallest absolute Gasteiger partial charge is 0.344 e. The van der Waals surface area contributed by atoms with E-state index in [1.807, 2.05) is 81.4 Å². The van der Waals surface area contributed by atoms with E-state index in [4.69, 9.17) is 9.47 Å². The van der Waals surface area contributed by atoms with Crippen LogP contribution in [0.25, 0.3) is 0 Å². The Morgan fingerprint density at radius 1 is 0.969 bits per heavy atom. The fourth-order valence-corrected chi connectivity index (χ4v) is 3.51. The number of amides is 1. The number of ether oxygens (including phenoxy) is 2. The summed E-state index contributed by atoms with van der Waals surface area (Å²) in [6, 6.07) is 18.5. The first-order valence-electron chi connectivity index (χ1n) is 10.8. The van der Waals surface area contributed by atoms with Gasteiger partial charge in [0.25, 0.3) is 5.91 Å². The maximum absolute atomic E-state index is 13.1. The minimum absolute atomic E-state index is 0.0639.